The third-order valence-corrected chi connectivity index (χ3v) is 11.2. The van der Waals surface area contributed by atoms with Gasteiger partial charge >= 0.3 is 0 Å². The number of hydrogen-bond donors (Lipinski definition) is 1. The van der Waals surface area contributed by atoms with E-state index in [0.29, 0.717) is 37.3 Å². The zero-order valence-electron chi connectivity index (χ0n) is 34.2. The minimum atomic E-state index is -0.626. The molecule has 0 aliphatic heterocycles. The van der Waals surface area contributed by atoms with Crippen LogP contribution in [0.25, 0.3) is 0 Å². The third-order valence-electron chi connectivity index (χ3n) is 11.2. The lowest BCUT2D eigenvalue weighted by Crippen LogP contribution is -2.47. The van der Waals surface area contributed by atoms with E-state index in [1.165, 1.54) is 0 Å². The molecule has 0 bridgehead atoms. The fourth-order valence-corrected chi connectivity index (χ4v) is 7.63. The lowest BCUT2D eigenvalue weighted by Gasteiger charge is -2.39. The number of hydrogen-bond acceptors (Lipinski definition) is 4. The van der Waals surface area contributed by atoms with Crippen LogP contribution < -0.4 is 0 Å². The number of benzene rings is 5. The summed E-state index contributed by atoms with van der Waals surface area (Å²) in [4.78, 5) is 32.9. The minimum Gasteiger partial charge on any atom is -0.395 e. The second-order valence-corrected chi connectivity index (χ2v) is 15.9. The van der Waals surface area contributed by atoms with Crippen LogP contribution in [0.4, 0.5) is 0 Å². The highest BCUT2D eigenvalue weighted by molar-refractivity contribution is 5.97. The average molecular weight is 753 g/mol. The SMILES string of the molecule is CCc1ccc(CC(C)CCc2ccccc2C(=O)N(CCOCc2ccccc2)C(C)(C)c2ccccc2)c(C(=O)N(CCO)C(C)(C)c2ccccc2)c1. The second kappa shape index (κ2) is 19.7. The lowest BCUT2D eigenvalue weighted by atomic mass is 9.87. The molecule has 0 heterocycles. The maximum absolute atomic E-state index is 14.7. The molecule has 1 N–H and O–H groups in total. The molecule has 0 aliphatic carbocycles. The normalized spacial score (nSPS) is 12.3. The molecule has 0 spiro atoms. The van der Waals surface area contributed by atoms with Gasteiger partial charge < -0.3 is 19.6 Å². The first-order chi connectivity index (χ1) is 27.0. The van der Waals surface area contributed by atoms with Crippen molar-refractivity contribution in [3.8, 4) is 0 Å². The average Bonchev–Trinajstić information content (AvgIpc) is 3.22. The van der Waals surface area contributed by atoms with Gasteiger partial charge in [-0.3, -0.25) is 9.59 Å². The Bertz CT molecular complexity index is 1990. The van der Waals surface area contributed by atoms with Gasteiger partial charge in [-0.15, -0.1) is 0 Å². The first-order valence-electron chi connectivity index (χ1n) is 20.1. The van der Waals surface area contributed by atoms with Crippen molar-refractivity contribution in [2.24, 2.45) is 5.92 Å². The van der Waals surface area contributed by atoms with Gasteiger partial charge in [0.1, 0.15) is 0 Å². The summed E-state index contributed by atoms with van der Waals surface area (Å²) >= 11 is 0. The van der Waals surface area contributed by atoms with Crippen LogP contribution in [0, 0.1) is 5.92 Å². The van der Waals surface area contributed by atoms with E-state index in [0.717, 1.165) is 52.6 Å². The Morgan fingerprint density at radius 3 is 1.77 bits per heavy atom. The molecule has 1 atom stereocenters. The first-order valence-corrected chi connectivity index (χ1v) is 20.1. The zero-order valence-corrected chi connectivity index (χ0v) is 34.2. The number of aliphatic hydroxyl groups excluding tert-OH is 1. The number of carbonyl (C=O) groups is 2. The van der Waals surface area contributed by atoms with Gasteiger partial charge in [0, 0.05) is 24.2 Å². The van der Waals surface area contributed by atoms with E-state index in [2.05, 4.69) is 58.0 Å². The molecule has 6 nitrogen and oxygen atoms in total. The Hall–Kier alpha value is -5.04. The molecule has 0 saturated heterocycles. The Morgan fingerprint density at radius 1 is 0.643 bits per heavy atom. The third kappa shape index (κ3) is 10.4. The van der Waals surface area contributed by atoms with Crippen molar-refractivity contribution in [3.05, 3.63) is 178 Å². The molecule has 0 saturated carbocycles. The molecular weight excluding hydrogens is 693 g/mol. The minimum absolute atomic E-state index is 0.0153. The topological polar surface area (TPSA) is 70.1 Å². The van der Waals surface area contributed by atoms with E-state index < -0.39 is 11.1 Å². The molecule has 5 rings (SSSR count). The van der Waals surface area contributed by atoms with Crippen LogP contribution in [0.2, 0.25) is 0 Å². The van der Waals surface area contributed by atoms with Crippen LogP contribution >= 0.6 is 0 Å². The molecule has 1 unspecified atom stereocenters. The molecule has 0 aromatic heterocycles. The van der Waals surface area contributed by atoms with Crippen LogP contribution in [0.15, 0.2) is 133 Å². The van der Waals surface area contributed by atoms with Crippen molar-refractivity contribution in [2.75, 3.05) is 26.3 Å². The van der Waals surface area contributed by atoms with Crippen molar-refractivity contribution in [1.29, 1.82) is 0 Å². The van der Waals surface area contributed by atoms with E-state index in [9.17, 15) is 14.7 Å². The molecule has 5 aromatic carbocycles. The molecule has 294 valence electrons. The molecule has 0 radical (unpaired) electrons. The predicted molar refractivity (Wildman–Crippen MR) is 228 cm³/mol. The maximum Gasteiger partial charge on any atom is 0.254 e. The summed E-state index contributed by atoms with van der Waals surface area (Å²) < 4.78 is 6.11. The first kappa shape index (κ1) is 42.1. The van der Waals surface area contributed by atoms with Gasteiger partial charge in [-0.2, -0.15) is 0 Å². The van der Waals surface area contributed by atoms with Crippen LogP contribution in [0.3, 0.4) is 0 Å². The fraction of sp³-hybridized carbons (Fsp3) is 0.360. The summed E-state index contributed by atoms with van der Waals surface area (Å²) in [7, 11) is 0. The summed E-state index contributed by atoms with van der Waals surface area (Å²) in [6.45, 7) is 14.1. The van der Waals surface area contributed by atoms with E-state index in [1.807, 2.05) is 127 Å². The van der Waals surface area contributed by atoms with Gasteiger partial charge in [-0.25, -0.2) is 0 Å². The molecule has 6 heteroatoms. The standard InChI is InChI=1S/C50H60N2O4/c1-7-39-28-30-42(46(36-39)48(55)51(31-33-53)49(3,4)43-22-13-9-14-23-43)35-38(2)27-29-41-21-17-18-26-45(41)47(54)52(50(5,6)44-24-15-10-16-25-44)32-34-56-37-40-19-11-8-12-20-40/h8-26,28,30,36,38,53H,7,27,29,31-35,37H2,1-6H3. The molecular formula is C50H60N2O4. The van der Waals surface area contributed by atoms with Gasteiger partial charge in [0.15, 0.2) is 0 Å². The summed E-state index contributed by atoms with van der Waals surface area (Å²) in [5.41, 5.74) is 6.49. The van der Waals surface area contributed by atoms with Gasteiger partial charge in [-0.1, -0.05) is 135 Å². The lowest BCUT2D eigenvalue weighted by molar-refractivity contribution is 0.0351. The Balaban J connectivity index is 1.34. The van der Waals surface area contributed by atoms with E-state index in [1.54, 1.807) is 0 Å². The molecule has 2 amide bonds. The zero-order chi connectivity index (χ0) is 40.1. The van der Waals surface area contributed by atoms with E-state index in [-0.39, 0.29) is 30.9 Å². The predicted octanol–water partition coefficient (Wildman–Crippen LogP) is 10.0. The van der Waals surface area contributed by atoms with Crippen molar-refractivity contribution in [3.63, 3.8) is 0 Å². The molecule has 56 heavy (non-hydrogen) atoms. The Labute approximate surface area is 335 Å². The fourth-order valence-electron chi connectivity index (χ4n) is 7.63. The van der Waals surface area contributed by atoms with Crippen molar-refractivity contribution in [1.82, 2.24) is 9.80 Å². The second-order valence-electron chi connectivity index (χ2n) is 15.9. The monoisotopic (exact) mass is 752 g/mol. The molecule has 0 aliphatic rings. The van der Waals surface area contributed by atoms with Gasteiger partial charge in [0.05, 0.1) is 30.9 Å². The van der Waals surface area contributed by atoms with E-state index in [4.69, 9.17) is 4.74 Å². The highest BCUT2D eigenvalue weighted by atomic mass is 16.5. The van der Waals surface area contributed by atoms with E-state index >= 15 is 0 Å². The number of carbonyl (C=O) groups excluding carboxylic acids is 2. The molecule has 0 fully saturated rings. The summed E-state index contributed by atoms with van der Waals surface area (Å²) in [5, 5.41) is 10.1. The van der Waals surface area contributed by atoms with Crippen LogP contribution in [-0.2, 0) is 41.7 Å². The van der Waals surface area contributed by atoms with Crippen molar-refractivity contribution < 1.29 is 19.4 Å². The largest absolute Gasteiger partial charge is 0.395 e. The number of nitrogens with zero attached hydrogens (tertiary/aromatic N) is 2. The van der Waals surface area contributed by atoms with Gasteiger partial charge in [0.25, 0.3) is 11.8 Å². The number of rotatable bonds is 19. The number of ether oxygens (including phenoxy) is 1. The summed E-state index contributed by atoms with van der Waals surface area (Å²) in [6.07, 6.45) is 3.10. The number of aliphatic hydroxyl groups is 1. The number of amides is 2. The Kier molecular flexibility index (Phi) is 14.8. The van der Waals surface area contributed by atoms with Crippen LogP contribution in [0.5, 0.6) is 0 Å². The van der Waals surface area contributed by atoms with Gasteiger partial charge in [0.2, 0.25) is 0 Å². The molecule has 5 aromatic rings. The summed E-state index contributed by atoms with van der Waals surface area (Å²) in [6, 6.07) is 44.6. The quantitative estimate of drug-likeness (QED) is 0.0853. The van der Waals surface area contributed by atoms with Crippen LogP contribution in [0.1, 0.15) is 102 Å². The maximum atomic E-state index is 14.7. The summed E-state index contributed by atoms with van der Waals surface area (Å²) in [5.74, 6) is 0.141. The van der Waals surface area contributed by atoms with Crippen LogP contribution in [-0.4, -0.2) is 53.0 Å². The highest BCUT2D eigenvalue weighted by Crippen LogP contribution is 2.33. The highest BCUT2D eigenvalue weighted by Gasteiger charge is 2.35. The smallest absolute Gasteiger partial charge is 0.254 e. The van der Waals surface area contributed by atoms with Gasteiger partial charge in [-0.05, 0) is 105 Å². The van der Waals surface area contributed by atoms with Crippen molar-refractivity contribution >= 4 is 11.8 Å². The Morgan fingerprint density at radius 2 is 1.18 bits per heavy atom. The number of aryl methyl sites for hydroxylation is 2. The van der Waals surface area contributed by atoms with Crippen molar-refractivity contribution in [2.45, 2.75) is 84.9 Å².